The Morgan fingerprint density at radius 1 is 1.42 bits per heavy atom. The second-order valence-corrected chi connectivity index (χ2v) is 2.64. The van der Waals surface area contributed by atoms with Crippen molar-refractivity contribution in [1.29, 1.82) is 5.26 Å². The maximum Gasteiger partial charge on any atom is 0.327 e. The van der Waals surface area contributed by atoms with E-state index < -0.39 is 11.2 Å². The van der Waals surface area contributed by atoms with Crippen LogP contribution in [0.25, 0.3) is 0 Å². The standard InChI is InChI=1S/C5H4N4O2S/c6-1-12-2-3(7)8-5(11)9-4(2)10/h(H4,7,8,9,10,11). The van der Waals surface area contributed by atoms with Crippen molar-refractivity contribution < 1.29 is 0 Å². The van der Waals surface area contributed by atoms with Gasteiger partial charge in [0.15, 0.2) is 0 Å². The Balaban J connectivity index is 3.41. The molecule has 0 saturated heterocycles. The molecule has 4 N–H and O–H groups in total. The van der Waals surface area contributed by atoms with Crippen molar-refractivity contribution in [2.45, 2.75) is 4.90 Å². The fraction of sp³-hybridized carbons (Fsp3) is 0. The normalized spacial score (nSPS) is 9.25. The Morgan fingerprint density at radius 3 is 2.58 bits per heavy atom. The molecule has 1 aromatic rings. The van der Waals surface area contributed by atoms with Gasteiger partial charge in [0, 0.05) is 0 Å². The third-order valence-electron chi connectivity index (χ3n) is 1.07. The second kappa shape index (κ2) is 3.15. The van der Waals surface area contributed by atoms with E-state index in [4.69, 9.17) is 11.0 Å². The molecule has 0 radical (unpaired) electrons. The SMILES string of the molecule is N#CSc1c(N)[nH]c(=O)[nH]c1=O. The predicted molar refractivity (Wildman–Crippen MR) is 43.6 cm³/mol. The van der Waals surface area contributed by atoms with E-state index in [9.17, 15) is 9.59 Å². The highest BCUT2D eigenvalue weighted by molar-refractivity contribution is 8.03. The first-order valence-electron chi connectivity index (χ1n) is 2.83. The fourth-order valence-electron chi connectivity index (χ4n) is 0.639. The summed E-state index contributed by atoms with van der Waals surface area (Å²) >= 11 is 0.604. The highest BCUT2D eigenvalue weighted by atomic mass is 32.2. The minimum atomic E-state index is -0.681. The van der Waals surface area contributed by atoms with Crippen LogP contribution in [0.5, 0.6) is 0 Å². The van der Waals surface area contributed by atoms with Gasteiger partial charge in [0.05, 0.1) is 0 Å². The molecule has 1 aromatic heterocycles. The van der Waals surface area contributed by atoms with Gasteiger partial charge in [-0.25, -0.2) is 4.79 Å². The molecule has 0 atom stereocenters. The first-order chi connectivity index (χ1) is 5.65. The summed E-state index contributed by atoms with van der Waals surface area (Å²) in [4.78, 5) is 25.6. The minimum Gasteiger partial charge on any atom is -0.384 e. The molecule has 7 heteroatoms. The molecule has 12 heavy (non-hydrogen) atoms. The van der Waals surface area contributed by atoms with Gasteiger partial charge < -0.3 is 5.73 Å². The van der Waals surface area contributed by atoms with Crippen LogP contribution in [0.15, 0.2) is 14.5 Å². The third kappa shape index (κ3) is 1.49. The third-order valence-corrected chi connectivity index (χ3v) is 1.77. The number of rotatable bonds is 1. The van der Waals surface area contributed by atoms with E-state index in [0.29, 0.717) is 11.8 Å². The molecule has 0 saturated carbocycles. The molecule has 0 aromatic carbocycles. The smallest absolute Gasteiger partial charge is 0.327 e. The van der Waals surface area contributed by atoms with Gasteiger partial charge in [0.25, 0.3) is 5.56 Å². The largest absolute Gasteiger partial charge is 0.384 e. The zero-order chi connectivity index (χ0) is 9.14. The summed E-state index contributed by atoms with van der Waals surface area (Å²) in [6.45, 7) is 0. The number of nitrogen functional groups attached to an aromatic ring is 1. The summed E-state index contributed by atoms with van der Waals surface area (Å²) in [6.07, 6.45) is 0. The van der Waals surface area contributed by atoms with E-state index in [-0.39, 0.29) is 10.7 Å². The highest BCUT2D eigenvalue weighted by Gasteiger charge is 2.05. The summed E-state index contributed by atoms with van der Waals surface area (Å²) in [5.41, 5.74) is 3.93. The van der Waals surface area contributed by atoms with Gasteiger partial charge in [-0.15, -0.1) is 0 Å². The number of nitrogens with one attached hydrogen (secondary N) is 2. The van der Waals surface area contributed by atoms with Gasteiger partial charge in [-0.1, -0.05) is 0 Å². The number of nitrogens with zero attached hydrogens (tertiary/aromatic N) is 1. The van der Waals surface area contributed by atoms with Crippen LogP contribution in [0.2, 0.25) is 0 Å². The zero-order valence-electron chi connectivity index (χ0n) is 5.75. The van der Waals surface area contributed by atoms with Crippen molar-refractivity contribution in [3.63, 3.8) is 0 Å². The van der Waals surface area contributed by atoms with Crippen LogP contribution in [0, 0.1) is 10.7 Å². The Hall–Kier alpha value is -1.68. The van der Waals surface area contributed by atoms with E-state index in [1.54, 1.807) is 5.40 Å². The van der Waals surface area contributed by atoms with E-state index in [1.807, 2.05) is 4.98 Å². The lowest BCUT2D eigenvalue weighted by atomic mass is 10.6. The number of H-pyrrole nitrogens is 2. The van der Waals surface area contributed by atoms with Crippen molar-refractivity contribution in [2.75, 3.05) is 5.73 Å². The molecule has 62 valence electrons. The van der Waals surface area contributed by atoms with Crippen LogP contribution < -0.4 is 17.0 Å². The summed E-state index contributed by atoms with van der Waals surface area (Å²) in [5.74, 6) is -0.0877. The first-order valence-corrected chi connectivity index (χ1v) is 3.65. The maximum absolute atomic E-state index is 10.9. The Morgan fingerprint density at radius 2 is 2.08 bits per heavy atom. The van der Waals surface area contributed by atoms with Gasteiger partial charge in [0.2, 0.25) is 0 Å². The first kappa shape index (κ1) is 8.42. The molecule has 0 aliphatic rings. The average Bonchev–Trinajstić information content (AvgIpc) is 1.96. The zero-order valence-corrected chi connectivity index (χ0v) is 6.57. The monoisotopic (exact) mass is 184 g/mol. The molecule has 0 aliphatic heterocycles. The van der Waals surface area contributed by atoms with Crippen LogP contribution in [0.3, 0.4) is 0 Å². The summed E-state index contributed by atoms with van der Waals surface area (Å²) in [7, 11) is 0. The predicted octanol–water partition coefficient (Wildman–Crippen LogP) is -0.781. The van der Waals surface area contributed by atoms with E-state index in [1.165, 1.54) is 0 Å². The number of anilines is 1. The quantitative estimate of drug-likeness (QED) is 0.391. The number of aromatic amines is 2. The number of nitriles is 1. The van der Waals surface area contributed by atoms with Gasteiger partial charge in [-0.2, -0.15) is 5.26 Å². The average molecular weight is 184 g/mol. The molecular formula is C5H4N4O2S. The number of hydrogen-bond acceptors (Lipinski definition) is 5. The molecule has 0 aliphatic carbocycles. The van der Waals surface area contributed by atoms with E-state index >= 15 is 0 Å². The molecule has 1 rings (SSSR count). The van der Waals surface area contributed by atoms with Gasteiger partial charge >= 0.3 is 5.69 Å². The van der Waals surface area contributed by atoms with Crippen LogP contribution >= 0.6 is 11.8 Å². The summed E-state index contributed by atoms with van der Waals surface area (Å²) in [6, 6.07) is 0. The molecule has 0 fully saturated rings. The number of thiocyanates is 1. The maximum atomic E-state index is 10.9. The highest BCUT2D eigenvalue weighted by Crippen LogP contribution is 2.14. The van der Waals surface area contributed by atoms with Crippen molar-refractivity contribution in [2.24, 2.45) is 0 Å². The molecule has 0 bridgehead atoms. The minimum absolute atomic E-state index is 0.0112. The van der Waals surface area contributed by atoms with Crippen molar-refractivity contribution in [3.8, 4) is 5.40 Å². The van der Waals surface area contributed by atoms with Crippen molar-refractivity contribution in [1.82, 2.24) is 9.97 Å². The van der Waals surface area contributed by atoms with Crippen LogP contribution in [-0.4, -0.2) is 9.97 Å². The topological polar surface area (TPSA) is 116 Å². The molecule has 0 spiro atoms. The van der Waals surface area contributed by atoms with E-state index in [2.05, 4.69) is 4.98 Å². The lowest BCUT2D eigenvalue weighted by Gasteiger charge is -1.95. The number of thioether (sulfide) groups is 1. The molecule has 0 unspecified atom stereocenters. The Labute approximate surface area is 70.4 Å². The van der Waals surface area contributed by atoms with Gasteiger partial charge in [-0.05, 0) is 11.8 Å². The van der Waals surface area contributed by atoms with Crippen molar-refractivity contribution in [3.05, 3.63) is 20.8 Å². The van der Waals surface area contributed by atoms with Gasteiger partial charge in [-0.3, -0.25) is 14.8 Å². The van der Waals surface area contributed by atoms with Crippen LogP contribution in [-0.2, 0) is 0 Å². The molecule has 0 amide bonds. The summed E-state index contributed by atoms with van der Waals surface area (Å²) < 4.78 is 0. The second-order valence-electron chi connectivity index (χ2n) is 1.84. The van der Waals surface area contributed by atoms with E-state index in [0.717, 1.165) is 0 Å². The lowest BCUT2D eigenvalue weighted by Crippen LogP contribution is -2.24. The number of aromatic nitrogens is 2. The molecular weight excluding hydrogens is 180 g/mol. The van der Waals surface area contributed by atoms with Crippen LogP contribution in [0.1, 0.15) is 0 Å². The Kier molecular flexibility index (Phi) is 2.21. The van der Waals surface area contributed by atoms with Crippen molar-refractivity contribution >= 4 is 17.6 Å². The lowest BCUT2D eigenvalue weighted by molar-refractivity contribution is 0.990. The molecule has 1 heterocycles. The Bertz CT molecular complexity index is 440. The fourth-order valence-corrected chi connectivity index (χ4v) is 1.04. The summed E-state index contributed by atoms with van der Waals surface area (Å²) in [5, 5.41) is 9.93. The number of hydrogen-bond donors (Lipinski definition) is 3. The molecule has 6 nitrogen and oxygen atoms in total. The van der Waals surface area contributed by atoms with Gasteiger partial charge in [0.1, 0.15) is 16.1 Å². The number of nitrogens with two attached hydrogens (primary N) is 1. The van der Waals surface area contributed by atoms with Crippen LogP contribution in [0.4, 0.5) is 5.82 Å².